The fraction of sp³-hybridized carbons (Fsp3) is 0.500. The van der Waals surface area contributed by atoms with E-state index in [1.807, 2.05) is 0 Å². The van der Waals surface area contributed by atoms with E-state index in [9.17, 15) is 21.6 Å². The Labute approximate surface area is 115 Å². The minimum absolute atomic E-state index is 0.0501. The minimum Gasteiger partial charge on any atom is -0.376 e. The van der Waals surface area contributed by atoms with Gasteiger partial charge in [-0.15, -0.1) is 0 Å². The van der Waals surface area contributed by atoms with Gasteiger partial charge in [0.25, 0.3) is 0 Å². The second-order valence-corrected chi connectivity index (χ2v) is 6.44. The van der Waals surface area contributed by atoms with Crippen LogP contribution in [0.1, 0.15) is 12.5 Å². The van der Waals surface area contributed by atoms with Crippen molar-refractivity contribution < 1.29 is 26.3 Å². The van der Waals surface area contributed by atoms with Crippen LogP contribution in [0.3, 0.4) is 0 Å². The summed E-state index contributed by atoms with van der Waals surface area (Å²) >= 11 is 0. The Kier molecular flexibility index (Phi) is 4.08. The van der Waals surface area contributed by atoms with Crippen molar-refractivity contribution in [2.24, 2.45) is 0 Å². The third kappa shape index (κ3) is 2.97. The van der Waals surface area contributed by atoms with Gasteiger partial charge in [0.2, 0.25) is 10.0 Å². The first kappa shape index (κ1) is 15.3. The zero-order chi connectivity index (χ0) is 15.0. The number of hydrogen-bond donors (Lipinski definition) is 0. The monoisotopic (exact) mass is 309 g/mol. The summed E-state index contributed by atoms with van der Waals surface area (Å²) in [5.41, 5.74) is -1.14. The maximum atomic E-state index is 12.9. The van der Waals surface area contributed by atoms with Gasteiger partial charge in [-0.2, -0.15) is 17.5 Å². The molecule has 1 atom stereocenters. The third-order valence-electron chi connectivity index (χ3n) is 3.01. The molecule has 1 saturated heterocycles. The Bertz CT molecular complexity index is 586. The number of nitrogens with zero attached hydrogens (tertiary/aromatic N) is 1. The standard InChI is InChI=1S/C12H14F3NO3S/c1-9-8-16(6-7-19-9)20(17,18)11-5-3-2-4-10(11)12(13,14)15/h2-5,9H,6-8H2,1H3/t9-/m0/s1. The van der Waals surface area contributed by atoms with Crippen molar-refractivity contribution in [1.29, 1.82) is 0 Å². The van der Waals surface area contributed by atoms with Crippen molar-refractivity contribution in [3.63, 3.8) is 0 Å². The molecule has 0 unspecified atom stereocenters. The van der Waals surface area contributed by atoms with Gasteiger partial charge in [0.15, 0.2) is 0 Å². The maximum Gasteiger partial charge on any atom is 0.417 e. The van der Waals surface area contributed by atoms with Gasteiger partial charge in [-0.25, -0.2) is 8.42 Å². The second-order valence-electron chi connectivity index (χ2n) is 4.54. The van der Waals surface area contributed by atoms with Crippen LogP contribution in [-0.4, -0.2) is 38.5 Å². The Morgan fingerprint density at radius 1 is 1.30 bits per heavy atom. The van der Waals surface area contributed by atoms with Crippen LogP contribution in [0.15, 0.2) is 29.2 Å². The molecule has 1 fully saturated rings. The van der Waals surface area contributed by atoms with Crippen LogP contribution in [0.25, 0.3) is 0 Å². The molecule has 1 aromatic rings. The van der Waals surface area contributed by atoms with Gasteiger partial charge in [0.1, 0.15) is 0 Å². The number of alkyl halides is 3. The number of rotatable bonds is 2. The first-order valence-corrected chi connectivity index (χ1v) is 7.45. The molecule has 0 N–H and O–H groups in total. The largest absolute Gasteiger partial charge is 0.417 e. The Morgan fingerprint density at radius 2 is 1.95 bits per heavy atom. The average molecular weight is 309 g/mol. The molecule has 1 aliphatic heterocycles. The van der Waals surface area contributed by atoms with Gasteiger partial charge in [-0.3, -0.25) is 0 Å². The van der Waals surface area contributed by atoms with Crippen molar-refractivity contribution in [1.82, 2.24) is 4.31 Å². The molecule has 0 spiro atoms. The Morgan fingerprint density at radius 3 is 2.55 bits per heavy atom. The van der Waals surface area contributed by atoms with Crippen molar-refractivity contribution in [2.75, 3.05) is 19.7 Å². The predicted octanol–water partition coefficient (Wildman–Crippen LogP) is 2.11. The molecule has 0 aliphatic carbocycles. The molecule has 2 rings (SSSR count). The van der Waals surface area contributed by atoms with E-state index in [-0.39, 0.29) is 25.8 Å². The van der Waals surface area contributed by atoms with E-state index in [4.69, 9.17) is 4.74 Å². The lowest BCUT2D eigenvalue weighted by Gasteiger charge is -2.31. The number of morpholine rings is 1. The molecule has 4 nitrogen and oxygen atoms in total. The average Bonchev–Trinajstić information content (AvgIpc) is 2.38. The zero-order valence-corrected chi connectivity index (χ0v) is 11.5. The fourth-order valence-corrected chi connectivity index (χ4v) is 3.78. The molecule has 0 amide bonds. The van der Waals surface area contributed by atoms with Crippen molar-refractivity contribution in [3.8, 4) is 0 Å². The van der Waals surface area contributed by atoms with E-state index in [0.717, 1.165) is 16.4 Å². The molecule has 0 radical (unpaired) electrons. The highest BCUT2D eigenvalue weighted by Crippen LogP contribution is 2.35. The lowest BCUT2D eigenvalue weighted by molar-refractivity contribution is -0.139. The summed E-state index contributed by atoms with van der Waals surface area (Å²) in [5.74, 6) is 0. The summed E-state index contributed by atoms with van der Waals surface area (Å²) in [6, 6.07) is 4.21. The summed E-state index contributed by atoms with van der Waals surface area (Å²) in [7, 11) is -4.18. The number of ether oxygens (including phenoxy) is 1. The first-order chi connectivity index (χ1) is 9.23. The van der Waals surface area contributed by atoms with Gasteiger partial charge >= 0.3 is 6.18 Å². The SMILES string of the molecule is C[C@H]1CN(S(=O)(=O)c2ccccc2C(F)(F)F)CCO1. The highest BCUT2D eigenvalue weighted by molar-refractivity contribution is 7.89. The van der Waals surface area contributed by atoms with E-state index in [1.54, 1.807) is 6.92 Å². The quantitative estimate of drug-likeness (QED) is 0.840. The smallest absolute Gasteiger partial charge is 0.376 e. The molecule has 1 heterocycles. The highest BCUT2D eigenvalue weighted by Gasteiger charge is 2.39. The lowest BCUT2D eigenvalue weighted by Crippen LogP contribution is -2.44. The molecule has 0 saturated carbocycles. The van der Waals surface area contributed by atoms with E-state index in [2.05, 4.69) is 0 Å². The van der Waals surface area contributed by atoms with Crippen LogP contribution in [-0.2, 0) is 20.9 Å². The van der Waals surface area contributed by atoms with E-state index < -0.39 is 26.7 Å². The molecule has 0 bridgehead atoms. The highest BCUT2D eigenvalue weighted by atomic mass is 32.2. The number of hydrogen-bond acceptors (Lipinski definition) is 3. The summed E-state index contributed by atoms with van der Waals surface area (Å²) in [6.45, 7) is 1.96. The van der Waals surface area contributed by atoms with Crippen LogP contribution in [0.2, 0.25) is 0 Å². The molecular weight excluding hydrogens is 295 g/mol. The third-order valence-corrected chi connectivity index (χ3v) is 4.94. The number of sulfonamides is 1. The van der Waals surface area contributed by atoms with Crippen molar-refractivity contribution >= 4 is 10.0 Å². The van der Waals surface area contributed by atoms with Gasteiger partial charge in [0.05, 0.1) is 23.2 Å². The molecule has 0 aromatic heterocycles. The second kappa shape index (κ2) is 5.34. The first-order valence-electron chi connectivity index (χ1n) is 6.01. The van der Waals surface area contributed by atoms with E-state index >= 15 is 0 Å². The molecule has 1 aromatic carbocycles. The van der Waals surface area contributed by atoms with Gasteiger partial charge < -0.3 is 4.74 Å². The number of halogens is 3. The Hall–Kier alpha value is -1.12. The molecule has 1 aliphatic rings. The summed E-state index contributed by atoms with van der Waals surface area (Å²) < 4.78 is 69.7. The fourth-order valence-electron chi connectivity index (χ4n) is 2.07. The summed E-state index contributed by atoms with van der Waals surface area (Å²) in [5, 5.41) is 0. The van der Waals surface area contributed by atoms with Crippen LogP contribution in [0, 0.1) is 0 Å². The van der Waals surface area contributed by atoms with Crippen molar-refractivity contribution in [3.05, 3.63) is 29.8 Å². The molecular formula is C12H14F3NO3S. The molecule has 8 heteroatoms. The molecule has 20 heavy (non-hydrogen) atoms. The van der Waals surface area contributed by atoms with E-state index in [0.29, 0.717) is 0 Å². The van der Waals surface area contributed by atoms with Gasteiger partial charge in [0, 0.05) is 13.1 Å². The van der Waals surface area contributed by atoms with E-state index in [1.165, 1.54) is 12.1 Å². The van der Waals surface area contributed by atoms with Crippen molar-refractivity contribution in [2.45, 2.75) is 24.1 Å². The van der Waals surface area contributed by atoms with Gasteiger partial charge in [-0.1, -0.05) is 12.1 Å². The lowest BCUT2D eigenvalue weighted by atomic mass is 10.2. The van der Waals surface area contributed by atoms with Gasteiger partial charge in [-0.05, 0) is 19.1 Å². The minimum atomic E-state index is -4.71. The zero-order valence-electron chi connectivity index (χ0n) is 10.7. The normalized spacial score (nSPS) is 21.9. The maximum absolute atomic E-state index is 12.9. The number of benzene rings is 1. The topological polar surface area (TPSA) is 46.6 Å². The summed E-state index contributed by atoms with van der Waals surface area (Å²) in [4.78, 5) is -0.707. The van der Waals surface area contributed by atoms with Crippen LogP contribution >= 0.6 is 0 Å². The van der Waals surface area contributed by atoms with Crippen LogP contribution in [0.4, 0.5) is 13.2 Å². The molecule has 112 valence electrons. The predicted molar refractivity (Wildman–Crippen MR) is 65.6 cm³/mol. The Balaban J connectivity index is 2.45. The van der Waals surface area contributed by atoms with Crippen LogP contribution in [0.5, 0.6) is 0 Å². The summed E-state index contributed by atoms with van der Waals surface area (Å²) in [6.07, 6.45) is -5.04. The van der Waals surface area contributed by atoms with Crippen LogP contribution < -0.4 is 0 Å².